The Bertz CT molecular complexity index is 1270. The number of benzene rings is 2. The van der Waals surface area contributed by atoms with E-state index in [1.807, 2.05) is 0 Å². The SMILES string of the molecule is O=C(/C=C/c1cc(Cl)ccc1-n1cnnn1)N[C@@H](CC1CCNCC1)C(=O)Nc1ccc(C(=O)O)cc1. The molecular formula is C25H26ClN7O4. The zero-order valence-corrected chi connectivity index (χ0v) is 20.6. The molecule has 4 N–H and O–H groups in total. The van der Waals surface area contributed by atoms with Crippen molar-refractivity contribution in [3.05, 3.63) is 71.0 Å². The second kappa shape index (κ2) is 12.2. The number of carbonyl (C=O) groups is 3. The number of tetrazole rings is 1. The number of aromatic carboxylic acids is 1. The summed E-state index contributed by atoms with van der Waals surface area (Å²) in [4.78, 5) is 37.1. The quantitative estimate of drug-likeness (QED) is 0.312. The molecule has 1 aliphatic rings. The van der Waals surface area contributed by atoms with Crippen LogP contribution in [-0.2, 0) is 9.59 Å². The van der Waals surface area contributed by atoms with Crippen molar-refractivity contribution in [2.24, 2.45) is 5.92 Å². The third-order valence-corrected chi connectivity index (χ3v) is 6.29. The minimum Gasteiger partial charge on any atom is -0.478 e. The predicted octanol–water partition coefficient (Wildman–Crippen LogP) is 2.54. The highest BCUT2D eigenvalue weighted by molar-refractivity contribution is 6.30. The van der Waals surface area contributed by atoms with Crippen molar-refractivity contribution in [3.8, 4) is 5.69 Å². The maximum Gasteiger partial charge on any atom is 0.335 e. The number of halogens is 1. The van der Waals surface area contributed by atoms with E-state index < -0.39 is 17.9 Å². The van der Waals surface area contributed by atoms with Gasteiger partial charge in [-0.3, -0.25) is 9.59 Å². The van der Waals surface area contributed by atoms with Gasteiger partial charge >= 0.3 is 5.97 Å². The Morgan fingerprint density at radius 1 is 1.16 bits per heavy atom. The van der Waals surface area contributed by atoms with Crippen LogP contribution in [-0.4, -0.2) is 62.2 Å². The van der Waals surface area contributed by atoms with Crippen LogP contribution in [0.1, 0.15) is 35.2 Å². The summed E-state index contributed by atoms with van der Waals surface area (Å²) in [6, 6.07) is 10.2. The summed E-state index contributed by atoms with van der Waals surface area (Å²) < 4.78 is 1.46. The third kappa shape index (κ3) is 7.21. The van der Waals surface area contributed by atoms with Gasteiger partial charge in [-0.2, -0.15) is 4.68 Å². The van der Waals surface area contributed by atoms with Gasteiger partial charge in [0.15, 0.2) is 0 Å². The van der Waals surface area contributed by atoms with Crippen molar-refractivity contribution in [2.45, 2.75) is 25.3 Å². The van der Waals surface area contributed by atoms with Crippen LogP contribution in [0.25, 0.3) is 11.8 Å². The lowest BCUT2D eigenvalue weighted by atomic mass is 9.90. The fourth-order valence-electron chi connectivity index (χ4n) is 4.13. The van der Waals surface area contributed by atoms with E-state index in [9.17, 15) is 14.4 Å². The Kier molecular flexibility index (Phi) is 8.60. The van der Waals surface area contributed by atoms with Crippen LogP contribution < -0.4 is 16.0 Å². The third-order valence-electron chi connectivity index (χ3n) is 6.06. The van der Waals surface area contributed by atoms with Crippen LogP contribution in [0.3, 0.4) is 0 Å². The van der Waals surface area contributed by atoms with Crippen molar-refractivity contribution in [1.29, 1.82) is 0 Å². The van der Waals surface area contributed by atoms with Gasteiger partial charge in [-0.05, 0) is 97.2 Å². The molecule has 192 valence electrons. The van der Waals surface area contributed by atoms with Gasteiger partial charge in [0, 0.05) is 22.3 Å². The average molecular weight is 524 g/mol. The van der Waals surface area contributed by atoms with Gasteiger partial charge < -0.3 is 21.1 Å². The number of anilines is 1. The summed E-state index contributed by atoms with van der Waals surface area (Å²) in [5.74, 6) is -1.60. The zero-order chi connectivity index (χ0) is 26.2. The number of hydrogen-bond acceptors (Lipinski definition) is 7. The van der Waals surface area contributed by atoms with E-state index in [-0.39, 0.29) is 17.4 Å². The molecule has 1 aromatic heterocycles. The maximum absolute atomic E-state index is 13.1. The molecule has 2 amide bonds. The Balaban J connectivity index is 1.48. The van der Waals surface area contributed by atoms with Crippen molar-refractivity contribution in [1.82, 2.24) is 30.8 Å². The van der Waals surface area contributed by atoms with Gasteiger partial charge in [0.25, 0.3) is 0 Å². The first-order chi connectivity index (χ1) is 17.9. The lowest BCUT2D eigenvalue weighted by Gasteiger charge is -2.27. The fraction of sp³-hybridized carbons (Fsp3) is 0.280. The molecule has 4 rings (SSSR count). The van der Waals surface area contributed by atoms with Gasteiger partial charge in [-0.25, -0.2) is 4.79 Å². The monoisotopic (exact) mass is 523 g/mol. The molecule has 1 atom stereocenters. The molecule has 0 radical (unpaired) electrons. The number of nitrogens with zero attached hydrogens (tertiary/aromatic N) is 4. The Morgan fingerprint density at radius 3 is 2.59 bits per heavy atom. The van der Waals surface area contributed by atoms with Crippen LogP contribution in [0, 0.1) is 5.92 Å². The average Bonchev–Trinajstić information content (AvgIpc) is 3.43. The van der Waals surface area contributed by atoms with Crippen LogP contribution in [0.5, 0.6) is 0 Å². The van der Waals surface area contributed by atoms with Crippen molar-refractivity contribution in [3.63, 3.8) is 0 Å². The molecule has 2 heterocycles. The van der Waals surface area contributed by atoms with E-state index in [0.717, 1.165) is 25.9 Å². The van der Waals surface area contributed by atoms with E-state index >= 15 is 0 Å². The van der Waals surface area contributed by atoms with E-state index in [2.05, 4.69) is 31.5 Å². The topological polar surface area (TPSA) is 151 Å². The molecule has 37 heavy (non-hydrogen) atoms. The Morgan fingerprint density at radius 2 is 1.92 bits per heavy atom. The maximum atomic E-state index is 13.1. The highest BCUT2D eigenvalue weighted by Gasteiger charge is 2.25. The molecular weight excluding hydrogens is 498 g/mol. The molecule has 11 nitrogen and oxygen atoms in total. The molecule has 3 aromatic rings. The Hall–Kier alpha value is -4.09. The summed E-state index contributed by atoms with van der Waals surface area (Å²) in [6.45, 7) is 1.72. The molecule has 0 saturated carbocycles. The number of amides is 2. The van der Waals surface area contributed by atoms with Gasteiger partial charge in [-0.1, -0.05) is 11.6 Å². The summed E-state index contributed by atoms with van der Waals surface area (Å²) >= 11 is 6.15. The Labute approximate surface area is 217 Å². The van der Waals surface area contributed by atoms with Crippen molar-refractivity contribution >= 4 is 41.1 Å². The second-order valence-corrected chi connectivity index (χ2v) is 9.09. The summed E-state index contributed by atoms with van der Waals surface area (Å²) in [6.07, 6.45) is 6.64. The van der Waals surface area contributed by atoms with Gasteiger partial charge in [0.2, 0.25) is 11.8 Å². The van der Waals surface area contributed by atoms with Crippen LogP contribution in [0.4, 0.5) is 5.69 Å². The molecule has 0 bridgehead atoms. The highest BCUT2D eigenvalue weighted by Crippen LogP contribution is 2.21. The molecule has 2 aromatic carbocycles. The lowest BCUT2D eigenvalue weighted by Crippen LogP contribution is -2.45. The standard InChI is InChI=1S/C25H26ClN7O4/c26-19-4-7-22(33-15-28-31-32-33)18(14-19)3-8-23(34)30-21(13-16-9-11-27-12-10-16)24(35)29-20-5-1-17(2-6-20)25(36)37/h1-8,14-16,21,27H,9-13H2,(H,29,35)(H,30,34)(H,36,37)/b8-3+/t21-/m0/s1. The first-order valence-electron chi connectivity index (χ1n) is 11.8. The number of piperidine rings is 1. The number of carboxylic acids is 1. The number of nitrogens with one attached hydrogen (secondary N) is 3. The van der Waals surface area contributed by atoms with E-state index in [1.54, 1.807) is 24.3 Å². The van der Waals surface area contributed by atoms with Crippen LogP contribution >= 0.6 is 11.6 Å². The fourth-order valence-corrected chi connectivity index (χ4v) is 4.31. The highest BCUT2D eigenvalue weighted by atomic mass is 35.5. The molecule has 0 aliphatic carbocycles. The number of aromatic nitrogens is 4. The minimum absolute atomic E-state index is 0.116. The van der Waals surface area contributed by atoms with E-state index in [1.165, 1.54) is 41.4 Å². The van der Waals surface area contributed by atoms with Gasteiger partial charge in [0.1, 0.15) is 12.4 Å². The first kappa shape index (κ1) is 26.0. The van der Waals surface area contributed by atoms with Gasteiger partial charge in [-0.15, -0.1) is 5.10 Å². The van der Waals surface area contributed by atoms with Gasteiger partial charge in [0.05, 0.1) is 11.3 Å². The van der Waals surface area contributed by atoms with Crippen molar-refractivity contribution < 1.29 is 19.5 Å². The summed E-state index contributed by atoms with van der Waals surface area (Å²) in [5.41, 5.74) is 1.81. The minimum atomic E-state index is -1.05. The molecule has 1 saturated heterocycles. The number of carbonyl (C=O) groups excluding carboxylic acids is 2. The normalized spacial score (nSPS) is 14.8. The smallest absolute Gasteiger partial charge is 0.335 e. The summed E-state index contributed by atoms with van der Waals surface area (Å²) in [7, 11) is 0. The number of hydrogen-bond donors (Lipinski definition) is 4. The molecule has 1 aliphatic heterocycles. The number of carboxylic acid groups (broad SMARTS) is 1. The number of rotatable bonds is 9. The van der Waals surface area contributed by atoms with Crippen LogP contribution in [0.2, 0.25) is 5.02 Å². The predicted molar refractivity (Wildman–Crippen MR) is 137 cm³/mol. The first-order valence-corrected chi connectivity index (χ1v) is 12.1. The molecule has 0 spiro atoms. The zero-order valence-electron chi connectivity index (χ0n) is 19.8. The largest absolute Gasteiger partial charge is 0.478 e. The summed E-state index contributed by atoms with van der Waals surface area (Å²) in [5, 5.41) is 29.6. The lowest BCUT2D eigenvalue weighted by molar-refractivity contribution is -0.124. The van der Waals surface area contributed by atoms with E-state index in [0.29, 0.717) is 28.4 Å². The van der Waals surface area contributed by atoms with Crippen LogP contribution in [0.15, 0.2) is 54.9 Å². The molecule has 0 unspecified atom stereocenters. The molecule has 1 fully saturated rings. The molecule has 12 heteroatoms. The van der Waals surface area contributed by atoms with Crippen molar-refractivity contribution in [2.75, 3.05) is 18.4 Å². The van der Waals surface area contributed by atoms with E-state index in [4.69, 9.17) is 16.7 Å². The second-order valence-electron chi connectivity index (χ2n) is 8.65.